The number of pyridine rings is 1. The number of rotatable bonds is 4. The lowest BCUT2D eigenvalue weighted by atomic mass is 10.1. The van der Waals surface area contributed by atoms with Crippen molar-refractivity contribution in [2.24, 2.45) is 0 Å². The van der Waals surface area contributed by atoms with Gasteiger partial charge in [-0.15, -0.1) is 0 Å². The first-order chi connectivity index (χ1) is 9.13. The lowest BCUT2D eigenvalue weighted by Gasteiger charge is -2.36. The molecule has 0 spiro atoms. The molecule has 1 aromatic heterocycles. The van der Waals surface area contributed by atoms with E-state index in [0.29, 0.717) is 16.5 Å². The number of nitrogens with zero attached hydrogens (tertiary/aromatic N) is 2. The molecule has 1 N–H and O–H groups in total. The van der Waals surface area contributed by atoms with Crippen LogP contribution in [0, 0.1) is 0 Å². The van der Waals surface area contributed by atoms with Crippen LogP contribution in [-0.2, 0) is 0 Å². The molecular formula is C15H25N3S. The van der Waals surface area contributed by atoms with E-state index in [9.17, 15) is 0 Å². The third-order valence-corrected chi connectivity index (χ3v) is 4.90. The second kappa shape index (κ2) is 6.62. The highest BCUT2D eigenvalue weighted by Crippen LogP contribution is 2.28. The molecule has 3 unspecified atom stereocenters. The molecule has 3 atom stereocenters. The van der Waals surface area contributed by atoms with E-state index in [2.05, 4.69) is 59.9 Å². The Morgan fingerprint density at radius 3 is 2.53 bits per heavy atom. The van der Waals surface area contributed by atoms with Crippen LogP contribution in [0.1, 0.15) is 38.9 Å². The van der Waals surface area contributed by atoms with E-state index in [0.717, 1.165) is 25.2 Å². The molecule has 2 rings (SSSR count). The highest BCUT2D eigenvalue weighted by molar-refractivity contribution is 8.00. The van der Waals surface area contributed by atoms with E-state index < -0.39 is 0 Å². The summed E-state index contributed by atoms with van der Waals surface area (Å²) in [5.74, 6) is 0. The summed E-state index contributed by atoms with van der Waals surface area (Å²) in [4.78, 5) is 7.10. The van der Waals surface area contributed by atoms with Crippen LogP contribution in [-0.4, -0.2) is 35.6 Å². The molecule has 4 heteroatoms. The molecular weight excluding hydrogens is 254 g/mol. The SMILES string of the molecule is CCC(NC)c1ccc(N2CC(C)SC(C)C2)cn1. The Morgan fingerprint density at radius 2 is 2.05 bits per heavy atom. The molecule has 0 amide bonds. The summed E-state index contributed by atoms with van der Waals surface area (Å²) in [5.41, 5.74) is 2.40. The van der Waals surface area contributed by atoms with E-state index in [4.69, 9.17) is 0 Å². The summed E-state index contributed by atoms with van der Waals surface area (Å²) in [6.07, 6.45) is 3.10. The van der Waals surface area contributed by atoms with Gasteiger partial charge in [0.2, 0.25) is 0 Å². The smallest absolute Gasteiger partial charge is 0.0574 e. The maximum atomic E-state index is 4.63. The number of anilines is 1. The van der Waals surface area contributed by atoms with Crippen LogP contribution >= 0.6 is 11.8 Å². The van der Waals surface area contributed by atoms with Crippen LogP contribution in [0.2, 0.25) is 0 Å². The van der Waals surface area contributed by atoms with Gasteiger partial charge in [0.05, 0.1) is 17.6 Å². The molecule has 1 fully saturated rings. The highest BCUT2D eigenvalue weighted by atomic mass is 32.2. The van der Waals surface area contributed by atoms with Crippen LogP contribution in [0.4, 0.5) is 5.69 Å². The fraction of sp³-hybridized carbons (Fsp3) is 0.667. The van der Waals surface area contributed by atoms with Crippen molar-refractivity contribution < 1.29 is 0 Å². The normalized spacial score (nSPS) is 25.4. The minimum Gasteiger partial charge on any atom is -0.368 e. The van der Waals surface area contributed by atoms with Crippen LogP contribution in [0.15, 0.2) is 18.3 Å². The number of hydrogen-bond donors (Lipinski definition) is 1. The molecule has 3 nitrogen and oxygen atoms in total. The Labute approximate surface area is 121 Å². The predicted molar refractivity (Wildman–Crippen MR) is 85.1 cm³/mol. The zero-order valence-electron chi connectivity index (χ0n) is 12.4. The molecule has 19 heavy (non-hydrogen) atoms. The summed E-state index contributed by atoms with van der Waals surface area (Å²) >= 11 is 2.08. The number of nitrogens with one attached hydrogen (secondary N) is 1. The van der Waals surface area contributed by atoms with E-state index in [1.54, 1.807) is 0 Å². The van der Waals surface area contributed by atoms with Gasteiger partial charge in [-0.2, -0.15) is 11.8 Å². The molecule has 0 saturated carbocycles. The summed E-state index contributed by atoms with van der Waals surface area (Å²) in [7, 11) is 2.00. The second-order valence-electron chi connectivity index (χ2n) is 5.35. The van der Waals surface area contributed by atoms with Gasteiger partial charge in [0.25, 0.3) is 0 Å². The van der Waals surface area contributed by atoms with Gasteiger partial charge in [-0.25, -0.2) is 0 Å². The minimum atomic E-state index is 0.365. The van der Waals surface area contributed by atoms with Crippen LogP contribution < -0.4 is 10.2 Å². The number of thioether (sulfide) groups is 1. The lowest BCUT2D eigenvalue weighted by Crippen LogP contribution is -2.40. The Morgan fingerprint density at radius 1 is 1.37 bits per heavy atom. The van der Waals surface area contributed by atoms with Crippen molar-refractivity contribution in [1.29, 1.82) is 0 Å². The average molecular weight is 279 g/mol. The number of aromatic nitrogens is 1. The molecule has 2 heterocycles. The Bertz CT molecular complexity index is 379. The molecule has 0 aliphatic carbocycles. The van der Waals surface area contributed by atoms with Crippen molar-refractivity contribution >= 4 is 17.4 Å². The molecule has 1 aliphatic rings. The quantitative estimate of drug-likeness (QED) is 0.917. The van der Waals surface area contributed by atoms with Gasteiger partial charge in [0, 0.05) is 29.6 Å². The maximum absolute atomic E-state index is 4.63. The van der Waals surface area contributed by atoms with Gasteiger partial charge >= 0.3 is 0 Å². The average Bonchev–Trinajstić information content (AvgIpc) is 2.40. The highest BCUT2D eigenvalue weighted by Gasteiger charge is 2.22. The van der Waals surface area contributed by atoms with E-state index in [1.165, 1.54) is 5.69 Å². The summed E-state index contributed by atoms with van der Waals surface area (Å²) in [6.45, 7) is 9.05. The second-order valence-corrected chi connectivity index (χ2v) is 7.23. The van der Waals surface area contributed by atoms with Gasteiger partial charge in [-0.05, 0) is 25.6 Å². The molecule has 1 aliphatic heterocycles. The van der Waals surface area contributed by atoms with Crippen molar-refractivity contribution in [3.8, 4) is 0 Å². The molecule has 0 radical (unpaired) electrons. The fourth-order valence-electron chi connectivity index (χ4n) is 2.74. The minimum absolute atomic E-state index is 0.365. The largest absolute Gasteiger partial charge is 0.368 e. The molecule has 1 aromatic rings. The first-order valence-corrected chi connectivity index (χ1v) is 8.12. The van der Waals surface area contributed by atoms with Crippen LogP contribution in [0.25, 0.3) is 0 Å². The maximum Gasteiger partial charge on any atom is 0.0574 e. The first-order valence-electron chi connectivity index (χ1n) is 7.17. The van der Waals surface area contributed by atoms with E-state index in [1.807, 2.05) is 13.2 Å². The van der Waals surface area contributed by atoms with Crippen molar-refractivity contribution in [1.82, 2.24) is 10.3 Å². The van der Waals surface area contributed by atoms with Gasteiger partial charge < -0.3 is 10.2 Å². The monoisotopic (exact) mass is 279 g/mol. The van der Waals surface area contributed by atoms with Gasteiger partial charge in [0.15, 0.2) is 0 Å². The molecule has 0 bridgehead atoms. The van der Waals surface area contributed by atoms with Gasteiger partial charge in [-0.1, -0.05) is 20.8 Å². The zero-order chi connectivity index (χ0) is 13.8. The Kier molecular flexibility index (Phi) is 5.11. The third-order valence-electron chi connectivity index (χ3n) is 3.67. The van der Waals surface area contributed by atoms with Crippen molar-refractivity contribution in [2.75, 3.05) is 25.0 Å². The number of hydrogen-bond acceptors (Lipinski definition) is 4. The van der Waals surface area contributed by atoms with E-state index in [-0.39, 0.29) is 0 Å². The van der Waals surface area contributed by atoms with Crippen LogP contribution in [0.3, 0.4) is 0 Å². The Hall–Kier alpha value is -0.740. The molecule has 0 aromatic carbocycles. The topological polar surface area (TPSA) is 28.2 Å². The van der Waals surface area contributed by atoms with Crippen molar-refractivity contribution in [3.05, 3.63) is 24.0 Å². The standard InChI is InChI=1S/C15H25N3S/c1-5-14(16-4)15-7-6-13(8-17-15)18-9-11(2)19-12(3)10-18/h6-8,11-12,14,16H,5,9-10H2,1-4H3. The zero-order valence-corrected chi connectivity index (χ0v) is 13.2. The van der Waals surface area contributed by atoms with Crippen molar-refractivity contribution in [2.45, 2.75) is 43.7 Å². The third kappa shape index (κ3) is 3.63. The summed E-state index contributed by atoms with van der Waals surface area (Å²) < 4.78 is 0. The van der Waals surface area contributed by atoms with Crippen molar-refractivity contribution in [3.63, 3.8) is 0 Å². The van der Waals surface area contributed by atoms with E-state index >= 15 is 0 Å². The predicted octanol–water partition coefficient (Wildman–Crippen LogP) is 3.08. The first kappa shape index (κ1) is 14.7. The van der Waals surface area contributed by atoms with Gasteiger partial charge in [-0.3, -0.25) is 4.98 Å². The summed E-state index contributed by atoms with van der Waals surface area (Å²) in [5, 5.41) is 4.70. The van der Waals surface area contributed by atoms with Gasteiger partial charge in [0.1, 0.15) is 0 Å². The fourth-order valence-corrected chi connectivity index (χ4v) is 4.07. The van der Waals surface area contributed by atoms with Crippen LogP contribution in [0.5, 0.6) is 0 Å². The lowest BCUT2D eigenvalue weighted by molar-refractivity contribution is 0.561. The summed E-state index contributed by atoms with van der Waals surface area (Å²) in [6, 6.07) is 4.75. The Balaban J connectivity index is 2.09. The molecule has 1 saturated heterocycles. The molecule has 106 valence electrons.